The minimum absolute atomic E-state index is 0.409. The molecule has 19 heavy (non-hydrogen) atoms. The zero-order valence-electron chi connectivity index (χ0n) is 10.4. The van der Waals surface area contributed by atoms with Crippen molar-refractivity contribution in [1.29, 1.82) is 5.26 Å². The fraction of sp³-hybridized carbons (Fsp3) is 0.385. The van der Waals surface area contributed by atoms with Gasteiger partial charge in [0, 0.05) is 4.90 Å². The van der Waals surface area contributed by atoms with Crippen LogP contribution in [0.5, 0.6) is 0 Å². The molecule has 0 unspecified atom stereocenters. The van der Waals surface area contributed by atoms with Gasteiger partial charge in [-0.25, -0.2) is 4.68 Å². The highest BCUT2D eigenvalue weighted by Gasteiger charge is 2.22. The summed E-state index contributed by atoms with van der Waals surface area (Å²) in [5, 5.41) is 21.8. The Morgan fingerprint density at radius 2 is 2.05 bits per heavy atom. The highest BCUT2D eigenvalue weighted by Crippen LogP contribution is 2.34. The quantitative estimate of drug-likeness (QED) is 0.858. The molecule has 0 aliphatic heterocycles. The highest BCUT2D eigenvalue weighted by molar-refractivity contribution is 7.99. The van der Waals surface area contributed by atoms with Crippen molar-refractivity contribution >= 4 is 11.8 Å². The van der Waals surface area contributed by atoms with Gasteiger partial charge in [-0.05, 0) is 47.2 Å². The van der Waals surface area contributed by atoms with Crippen molar-refractivity contribution in [2.45, 2.75) is 41.8 Å². The van der Waals surface area contributed by atoms with Crippen molar-refractivity contribution in [3.05, 3.63) is 29.8 Å². The van der Waals surface area contributed by atoms with E-state index in [9.17, 15) is 0 Å². The zero-order valence-corrected chi connectivity index (χ0v) is 11.2. The molecule has 0 saturated heterocycles. The lowest BCUT2D eigenvalue weighted by Gasteiger charge is -2.10. The van der Waals surface area contributed by atoms with Gasteiger partial charge in [0.2, 0.25) is 5.16 Å². The third-order valence-corrected chi connectivity index (χ3v) is 4.37. The Kier molecular flexibility index (Phi) is 3.47. The summed E-state index contributed by atoms with van der Waals surface area (Å²) in [6.45, 7) is 0. The van der Waals surface area contributed by atoms with Crippen LogP contribution in [0.25, 0.3) is 0 Å². The molecule has 1 fully saturated rings. The molecule has 0 bridgehead atoms. The average Bonchev–Trinajstić information content (AvgIpc) is 3.09. The molecule has 6 heteroatoms. The van der Waals surface area contributed by atoms with Crippen LogP contribution in [-0.4, -0.2) is 20.2 Å². The Bertz CT molecular complexity index is 609. The van der Waals surface area contributed by atoms with E-state index in [4.69, 9.17) is 5.26 Å². The van der Waals surface area contributed by atoms with Gasteiger partial charge in [0.25, 0.3) is 0 Å². The van der Waals surface area contributed by atoms with Gasteiger partial charge < -0.3 is 0 Å². The van der Waals surface area contributed by atoms with Gasteiger partial charge in [-0.2, -0.15) is 5.26 Å². The number of hydrogen-bond donors (Lipinski definition) is 0. The summed E-state index contributed by atoms with van der Waals surface area (Å²) in [6.07, 6.45) is 4.75. The molecule has 2 aromatic rings. The topological polar surface area (TPSA) is 67.4 Å². The van der Waals surface area contributed by atoms with E-state index >= 15 is 0 Å². The molecule has 1 saturated carbocycles. The summed E-state index contributed by atoms with van der Waals surface area (Å²) in [4.78, 5) is 0.902. The van der Waals surface area contributed by atoms with Crippen LogP contribution in [0.15, 0.2) is 34.3 Å². The lowest BCUT2D eigenvalue weighted by atomic mass is 10.2. The maximum Gasteiger partial charge on any atom is 0.214 e. The molecule has 1 aromatic carbocycles. The molecule has 0 spiro atoms. The van der Waals surface area contributed by atoms with Crippen molar-refractivity contribution in [2.24, 2.45) is 0 Å². The average molecular weight is 271 g/mol. The number of nitrogens with zero attached hydrogens (tertiary/aromatic N) is 5. The van der Waals surface area contributed by atoms with Crippen molar-refractivity contribution in [2.75, 3.05) is 0 Å². The lowest BCUT2D eigenvalue weighted by molar-refractivity contribution is 0.423. The summed E-state index contributed by atoms with van der Waals surface area (Å²) >= 11 is 1.46. The third kappa shape index (κ3) is 2.47. The van der Waals surface area contributed by atoms with Crippen molar-refractivity contribution < 1.29 is 0 Å². The van der Waals surface area contributed by atoms with Crippen molar-refractivity contribution in [1.82, 2.24) is 20.2 Å². The summed E-state index contributed by atoms with van der Waals surface area (Å²) in [5.74, 6) is 0. The standard InChI is InChI=1S/C13H13N5S/c14-9-10-5-1-4-8-12(10)19-13-15-16-17-18(13)11-6-2-3-7-11/h1,4-5,8,11H,2-3,6-7H2. The monoisotopic (exact) mass is 271 g/mol. The maximum atomic E-state index is 9.11. The normalized spacial score (nSPS) is 15.5. The molecule has 0 atom stereocenters. The highest BCUT2D eigenvalue weighted by atomic mass is 32.2. The first-order chi connectivity index (χ1) is 9.38. The van der Waals surface area contributed by atoms with Crippen LogP contribution < -0.4 is 0 Å². The third-order valence-electron chi connectivity index (χ3n) is 3.34. The smallest absolute Gasteiger partial charge is 0.214 e. The van der Waals surface area contributed by atoms with E-state index in [0.29, 0.717) is 11.6 Å². The van der Waals surface area contributed by atoms with Crippen molar-refractivity contribution in [3.63, 3.8) is 0 Å². The molecular weight excluding hydrogens is 258 g/mol. The second-order valence-corrected chi connectivity index (χ2v) is 5.56. The molecule has 1 heterocycles. The van der Waals surface area contributed by atoms with E-state index in [2.05, 4.69) is 21.6 Å². The fourth-order valence-corrected chi connectivity index (χ4v) is 3.30. The Hall–Kier alpha value is -1.87. The van der Waals surface area contributed by atoms with Gasteiger partial charge in [-0.15, -0.1) is 5.10 Å². The SMILES string of the molecule is N#Cc1ccccc1Sc1nnnn1C1CCCC1. The van der Waals surface area contributed by atoms with E-state index in [1.54, 1.807) is 0 Å². The predicted octanol–water partition coefficient (Wildman–Crippen LogP) is 2.81. The van der Waals surface area contributed by atoms with Crippen LogP contribution in [0.3, 0.4) is 0 Å². The minimum atomic E-state index is 0.409. The predicted molar refractivity (Wildman–Crippen MR) is 70.6 cm³/mol. The van der Waals surface area contributed by atoms with Crippen LogP contribution in [0.1, 0.15) is 37.3 Å². The van der Waals surface area contributed by atoms with Crippen molar-refractivity contribution in [3.8, 4) is 6.07 Å². The number of hydrogen-bond acceptors (Lipinski definition) is 5. The lowest BCUT2D eigenvalue weighted by Crippen LogP contribution is -2.08. The first-order valence-corrected chi connectivity index (χ1v) is 7.15. The maximum absolute atomic E-state index is 9.11. The molecule has 1 aromatic heterocycles. The molecule has 5 nitrogen and oxygen atoms in total. The van der Waals surface area contributed by atoms with Crippen LogP contribution in [0, 0.1) is 11.3 Å². The second-order valence-electron chi connectivity index (χ2n) is 4.55. The molecule has 0 N–H and O–H groups in total. The Balaban J connectivity index is 1.88. The summed E-state index contributed by atoms with van der Waals surface area (Å²) in [6, 6.07) is 10.1. The van der Waals surface area contributed by atoms with Crippen LogP contribution in [0.4, 0.5) is 0 Å². The molecule has 1 aliphatic carbocycles. The van der Waals surface area contributed by atoms with E-state index in [-0.39, 0.29) is 0 Å². The second kappa shape index (κ2) is 5.41. The van der Waals surface area contributed by atoms with Crippen LogP contribution in [-0.2, 0) is 0 Å². The van der Waals surface area contributed by atoms with Crippen LogP contribution in [0.2, 0.25) is 0 Å². The molecular formula is C13H13N5S. The number of rotatable bonds is 3. The number of benzene rings is 1. The molecule has 0 radical (unpaired) electrons. The van der Waals surface area contributed by atoms with Gasteiger partial charge in [0.1, 0.15) is 6.07 Å². The molecule has 0 amide bonds. The number of tetrazole rings is 1. The van der Waals surface area contributed by atoms with E-state index < -0.39 is 0 Å². The Morgan fingerprint density at radius 3 is 2.84 bits per heavy atom. The van der Waals surface area contributed by atoms with E-state index in [0.717, 1.165) is 22.9 Å². The van der Waals surface area contributed by atoms with E-state index in [1.165, 1.54) is 24.6 Å². The fourth-order valence-electron chi connectivity index (χ4n) is 2.38. The number of nitriles is 1. The molecule has 3 rings (SSSR count). The largest absolute Gasteiger partial charge is 0.217 e. The van der Waals surface area contributed by atoms with Gasteiger partial charge in [0.15, 0.2) is 0 Å². The van der Waals surface area contributed by atoms with Gasteiger partial charge in [0.05, 0.1) is 11.6 Å². The van der Waals surface area contributed by atoms with Gasteiger partial charge in [-0.1, -0.05) is 25.0 Å². The first kappa shape index (κ1) is 12.2. The zero-order chi connectivity index (χ0) is 13.1. The Morgan fingerprint density at radius 1 is 1.26 bits per heavy atom. The summed E-state index contributed by atoms with van der Waals surface area (Å²) in [5.41, 5.74) is 0.661. The van der Waals surface area contributed by atoms with Crippen LogP contribution >= 0.6 is 11.8 Å². The molecule has 1 aliphatic rings. The summed E-state index contributed by atoms with van der Waals surface area (Å²) in [7, 11) is 0. The van der Waals surface area contributed by atoms with E-state index in [1.807, 2.05) is 28.9 Å². The Labute approximate surface area is 115 Å². The van der Waals surface area contributed by atoms with Gasteiger partial charge >= 0.3 is 0 Å². The first-order valence-electron chi connectivity index (χ1n) is 6.33. The minimum Gasteiger partial charge on any atom is -0.217 e. The van der Waals surface area contributed by atoms with Gasteiger partial charge in [-0.3, -0.25) is 0 Å². The summed E-state index contributed by atoms with van der Waals surface area (Å²) < 4.78 is 1.91. The number of aromatic nitrogens is 4. The molecule has 96 valence electrons.